The van der Waals surface area contributed by atoms with Gasteiger partial charge in [-0.2, -0.15) is 0 Å². The highest BCUT2D eigenvalue weighted by atomic mass is 16.3. The first-order chi connectivity index (χ1) is 17.5. The molecule has 0 saturated heterocycles. The van der Waals surface area contributed by atoms with Crippen molar-refractivity contribution in [2.24, 2.45) is 7.05 Å². The van der Waals surface area contributed by atoms with Gasteiger partial charge in [-0.25, -0.2) is 4.98 Å². The van der Waals surface area contributed by atoms with Gasteiger partial charge in [0.25, 0.3) is 0 Å². The second kappa shape index (κ2) is 10.5. The maximum absolute atomic E-state index is 12.7. The number of imidazole rings is 1. The molecule has 0 bridgehead atoms. The maximum Gasteiger partial charge on any atom is 0.219 e. The molecule has 194 valence electrons. The van der Waals surface area contributed by atoms with Gasteiger partial charge in [0.05, 0.1) is 34.6 Å². The SMILES string of the molecule is CC(=O)N(CC[C@](O)(CC(C)(C)O)c1ccccc1)[C@@H](C)c1ccc(-c2ccc3c(c2)ncn3C)cc1. The number of rotatable bonds is 9. The van der Waals surface area contributed by atoms with Crippen LogP contribution in [0.2, 0.25) is 0 Å². The highest BCUT2D eigenvalue weighted by molar-refractivity contribution is 5.82. The van der Waals surface area contributed by atoms with Crippen molar-refractivity contribution >= 4 is 16.9 Å². The minimum Gasteiger partial charge on any atom is -0.390 e. The van der Waals surface area contributed by atoms with Crippen LogP contribution in [-0.4, -0.2) is 42.7 Å². The van der Waals surface area contributed by atoms with Crippen LogP contribution in [0.25, 0.3) is 22.2 Å². The largest absolute Gasteiger partial charge is 0.390 e. The van der Waals surface area contributed by atoms with Gasteiger partial charge in [0.2, 0.25) is 5.91 Å². The summed E-state index contributed by atoms with van der Waals surface area (Å²) in [6, 6.07) is 23.7. The lowest BCUT2D eigenvalue weighted by atomic mass is 9.81. The number of benzene rings is 3. The summed E-state index contributed by atoms with van der Waals surface area (Å²) in [5.74, 6) is -0.0594. The Hall–Kier alpha value is -3.48. The van der Waals surface area contributed by atoms with Crippen LogP contribution in [0.15, 0.2) is 79.1 Å². The molecule has 6 nitrogen and oxygen atoms in total. The smallest absolute Gasteiger partial charge is 0.219 e. The molecule has 0 saturated carbocycles. The van der Waals surface area contributed by atoms with Crippen LogP contribution in [0, 0.1) is 0 Å². The van der Waals surface area contributed by atoms with Crippen LogP contribution < -0.4 is 0 Å². The molecule has 2 atom stereocenters. The summed E-state index contributed by atoms with van der Waals surface area (Å²) in [5.41, 5.74) is 3.65. The van der Waals surface area contributed by atoms with E-state index in [-0.39, 0.29) is 18.4 Å². The van der Waals surface area contributed by atoms with Crippen molar-refractivity contribution in [3.05, 3.63) is 90.3 Å². The third kappa shape index (κ3) is 6.09. The third-order valence-electron chi connectivity index (χ3n) is 7.13. The maximum atomic E-state index is 12.7. The Labute approximate surface area is 219 Å². The fourth-order valence-electron chi connectivity index (χ4n) is 5.18. The summed E-state index contributed by atoms with van der Waals surface area (Å²) in [6.45, 7) is 7.31. The number of fused-ring (bicyclic) bond motifs is 1. The van der Waals surface area contributed by atoms with Crippen molar-refractivity contribution in [2.45, 2.75) is 57.8 Å². The normalized spacial score (nSPS) is 14.4. The number of carbonyl (C=O) groups is 1. The molecule has 0 aliphatic carbocycles. The first-order valence-electron chi connectivity index (χ1n) is 12.8. The van der Waals surface area contributed by atoms with Crippen molar-refractivity contribution in [2.75, 3.05) is 6.54 Å². The summed E-state index contributed by atoms with van der Waals surface area (Å²) >= 11 is 0. The lowest BCUT2D eigenvalue weighted by molar-refractivity contribution is -0.132. The Kier molecular flexibility index (Phi) is 7.53. The zero-order chi connectivity index (χ0) is 26.8. The van der Waals surface area contributed by atoms with Gasteiger partial charge in [0, 0.05) is 26.9 Å². The van der Waals surface area contributed by atoms with Gasteiger partial charge in [0.15, 0.2) is 0 Å². The number of carbonyl (C=O) groups excluding carboxylic acids is 1. The molecule has 0 aliphatic rings. The molecule has 0 fully saturated rings. The van der Waals surface area contributed by atoms with Gasteiger partial charge in [-0.05, 0) is 61.6 Å². The van der Waals surface area contributed by atoms with Crippen molar-refractivity contribution in [3.8, 4) is 11.1 Å². The minimum absolute atomic E-state index is 0.0594. The average Bonchev–Trinajstić information content (AvgIpc) is 3.23. The van der Waals surface area contributed by atoms with Crippen molar-refractivity contribution in [1.82, 2.24) is 14.5 Å². The summed E-state index contributed by atoms with van der Waals surface area (Å²) < 4.78 is 2.00. The fourth-order valence-corrected chi connectivity index (χ4v) is 5.18. The Morgan fingerprint density at radius 3 is 2.27 bits per heavy atom. The molecule has 1 aromatic heterocycles. The summed E-state index contributed by atoms with van der Waals surface area (Å²) in [4.78, 5) is 18.9. The van der Waals surface area contributed by atoms with E-state index in [1.54, 1.807) is 25.7 Å². The topological polar surface area (TPSA) is 78.6 Å². The molecule has 4 rings (SSSR count). The van der Waals surface area contributed by atoms with Gasteiger partial charge in [0.1, 0.15) is 0 Å². The van der Waals surface area contributed by atoms with E-state index in [0.717, 1.165) is 33.3 Å². The number of aliphatic hydroxyl groups is 2. The van der Waals surface area contributed by atoms with Crippen LogP contribution in [-0.2, 0) is 17.4 Å². The Bertz CT molecular complexity index is 1360. The van der Waals surface area contributed by atoms with E-state index in [2.05, 4.69) is 47.4 Å². The number of hydrogen-bond donors (Lipinski definition) is 2. The molecule has 37 heavy (non-hydrogen) atoms. The zero-order valence-corrected chi connectivity index (χ0v) is 22.3. The number of hydrogen-bond acceptors (Lipinski definition) is 4. The van der Waals surface area contributed by atoms with Gasteiger partial charge in [-0.15, -0.1) is 0 Å². The molecule has 2 N–H and O–H groups in total. The fraction of sp³-hybridized carbons (Fsp3) is 0.355. The second-order valence-electron chi connectivity index (χ2n) is 10.7. The second-order valence-corrected chi connectivity index (χ2v) is 10.7. The zero-order valence-electron chi connectivity index (χ0n) is 22.3. The average molecular weight is 500 g/mol. The van der Waals surface area contributed by atoms with E-state index in [1.807, 2.05) is 55.2 Å². The van der Waals surface area contributed by atoms with Crippen LogP contribution in [0.1, 0.15) is 57.7 Å². The van der Waals surface area contributed by atoms with E-state index >= 15 is 0 Å². The van der Waals surface area contributed by atoms with Gasteiger partial charge in [-0.1, -0.05) is 60.7 Å². The van der Waals surface area contributed by atoms with Gasteiger partial charge in [-0.3, -0.25) is 4.79 Å². The highest BCUT2D eigenvalue weighted by Gasteiger charge is 2.36. The molecule has 1 heterocycles. The van der Waals surface area contributed by atoms with E-state index in [4.69, 9.17) is 0 Å². The third-order valence-corrected chi connectivity index (χ3v) is 7.13. The molecule has 0 spiro atoms. The predicted octanol–water partition coefficient (Wildman–Crippen LogP) is 5.59. The minimum atomic E-state index is -1.26. The summed E-state index contributed by atoms with van der Waals surface area (Å²) in [7, 11) is 1.98. The Balaban J connectivity index is 1.53. The molecule has 0 aliphatic heterocycles. The standard InChI is InChI=1S/C31H37N3O3/c1-22(24-11-13-25(14-12-24)26-15-16-29-28(19-26)32-21-33(29)5)34(23(2)35)18-17-31(37,20-30(3,4)36)27-9-7-6-8-10-27/h6-16,19,21-22,36-37H,17-18,20H2,1-5H3/t22-,31-/m0/s1. The molecule has 3 aromatic carbocycles. The monoisotopic (exact) mass is 499 g/mol. The Morgan fingerprint density at radius 2 is 1.65 bits per heavy atom. The van der Waals surface area contributed by atoms with Crippen LogP contribution in [0.3, 0.4) is 0 Å². The molecular weight excluding hydrogens is 462 g/mol. The van der Waals surface area contributed by atoms with Crippen molar-refractivity contribution in [3.63, 3.8) is 0 Å². The van der Waals surface area contributed by atoms with E-state index < -0.39 is 11.2 Å². The first-order valence-corrected chi connectivity index (χ1v) is 12.8. The van der Waals surface area contributed by atoms with Gasteiger partial charge < -0.3 is 19.7 Å². The number of amides is 1. The van der Waals surface area contributed by atoms with Crippen LogP contribution in [0.5, 0.6) is 0 Å². The summed E-state index contributed by atoms with van der Waals surface area (Å²) in [5, 5.41) is 22.1. The lowest BCUT2D eigenvalue weighted by Gasteiger charge is -2.37. The Morgan fingerprint density at radius 1 is 1.00 bits per heavy atom. The predicted molar refractivity (Wildman–Crippen MR) is 148 cm³/mol. The molecule has 1 amide bonds. The molecule has 6 heteroatoms. The van der Waals surface area contributed by atoms with Gasteiger partial charge >= 0.3 is 0 Å². The number of nitrogens with zero attached hydrogens (tertiary/aromatic N) is 3. The lowest BCUT2D eigenvalue weighted by Crippen LogP contribution is -2.41. The van der Waals surface area contributed by atoms with E-state index in [0.29, 0.717) is 13.0 Å². The van der Waals surface area contributed by atoms with Crippen molar-refractivity contribution in [1.29, 1.82) is 0 Å². The van der Waals surface area contributed by atoms with E-state index in [9.17, 15) is 15.0 Å². The van der Waals surface area contributed by atoms with Crippen LogP contribution in [0.4, 0.5) is 0 Å². The first kappa shape index (κ1) is 26.6. The number of aryl methyl sites for hydroxylation is 1. The molecule has 0 unspecified atom stereocenters. The quantitative estimate of drug-likeness (QED) is 0.315. The highest BCUT2D eigenvalue weighted by Crippen LogP contribution is 2.35. The molecule has 4 aromatic rings. The molecule has 0 radical (unpaired) electrons. The van der Waals surface area contributed by atoms with E-state index in [1.165, 1.54) is 0 Å². The van der Waals surface area contributed by atoms with Crippen molar-refractivity contribution < 1.29 is 15.0 Å². The van der Waals surface area contributed by atoms with Crippen LogP contribution >= 0.6 is 0 Å². The summed E-state index contributed by atoms with van der Waals surface area (Å²) in [6.07, 6.45) is 2.29. The molecular formula is C31H37N3O3. The number of aromatic nitrogens is 2.